The second kappa shape index (κ2) is 4.26. The highest BCUT2D eigenvalue weighted by atomic mass is 15.5. The lowest BCUT2D eigenvalue weighted by Gasteiger charge is -2.03. The maximum atomic E-state index is 4.47. The van der Waals surface area contributed by atoms with E-state index in [-0.39, 0.29) is 0 Å². The molecule has 2 aromatic carbocycles. The second-order valence-electron chi connectivity index (χ2n) is 4.72. The third-order valence-electron chi connectivity index (χ3n) is 2.93. The molecule has 0 bridgehead atoms. The van der Waals surface area contributed by atoms with E-state index in [0.717, 1.165) is 17.6 Å². The minimum atomic E-state index is 0.719. The van der Waals surface area contributed by atoms with Crippen LogP contribution < -0.4 is 0 Å². The Labute approximate surface area is 106 Å². The zero-order chi connectivity index (χ0) is 12.5. The topological polar surface area (TPSA) is 30.7 Å². The fourth-order valence-electron chi connectivity index (χ4n) is 2.30. The van der Waals surface area contributed by atoms with Gasteiger partial charge in [0.05, 0.1) is 6.54 Å². The summed E-state index contributed by atoms with van der Waals surface area (Å²) in [5.41, 5.74) is 5.69. The van der Waals surface area contributed by atoms with Gasteiger partial charge in [-0.05, 0) is 31.5 Å². The van der Waals surface area contributed by atoms with Gasteiger partial charge in [-0.15, -0.1) is 0 Å². The van der Waals surface area contributed by atoms with Gasteiger partial charge < -0.3 is 0 Å². The fraction of sp³-hybridized carbons (Fsp3) is 0.200. The van der Waals surface area contributed by atoms with Crippen LogP contribution in [-0.4, -0.2) is 15.0 Å². The molecular weight excluding hydrogens is 222 g/mol. The molecule has 0 saturated carbocycles. The largest absolute Gasteiger partial charge is 0.179 e. The predicted octanol–water partition coefficient (Wildman–Crippen LogP) is 3.10. The van der Waals surface area contributed by atoms with Gasteiger partial charge in [0.25, 0.3) is 0 Å². The smallest absolute Gasteiger partial charge is 0.113 e. The Morgan fingerprint density at radius 3 is 2.00 bits per heavy atom. The molecule has 3 aromatic rings. The first-order chi connectivity index (χ1) is 8.70. The number of benzene rings is 2. The SMILES string of the molecule is Cc1cc(C)cc(Cn2nc3ccccc3n2)c1. The van der Waals surface area contributed by atoms with Crippen molar-refractivity contribution in [3.05, 3.63) is 59.2 Å². The Morgan fingerprint density at radius 2 is 1.44 bits per heavy atom. The van der Waals surface area contributed by atoms with E-state index in [0.29, 0.717) is 0 Å². The Kier molecular flexibility index (Phi) is 2.59. The van der Waals surface area contributed by atoms with E-state index < -0.39 is 0 Å². The molecule has 0 atom stereocenters. The van der Waals surface area contributed by atoms with Crippen molar-refractivity contribution in [3.8, 4) is 0 Å². The van der Waals surface area contributed by atoms with Crippen molar-refractivity contribution >= 4 is 11.0 Å². The lowest BCUT2D eigenvalue weighted by atomic mass is 10.1. The van der Waals surface area contributed by atoms with Crippen LogP contribution in [0.25, 0.3) is 11.0 Å². The average Bonchev–Trinajstić information content (AvgIpc) is 2.69. The fourth-order valence-corrected chi connectivity index (χ4v) is 2.30. The average molecular weight is 237 g/mol. The maximum Gasteiger partial charge on any atom is 0.113 e. The molecular formula is C15H15N3. The van der Waals surface area contributed by atoms with E-state index >= 15 is 0 Å². The van der Waals surface area contributed by atoms with Gasteiger partial charge in [-0.2, -0.15) is 15.0 Å². The first-order valence-corrected chi connectivity index (χ1v) is 6.08. The van der Waals surface area contributed by atoms with Gasteiger partial charge in [0.1, 0.15) is 11.0 Å². The first kappa shape index (κ1) is 11.0. The summed E-state index contributed by atoms with van der Waals surface area (Å²) in [7, 11) is 0. The molecule has 1 heterocycles. The molecule has 0 N–H and O–H groups in total. The van der Waals surface area contributed by atoms with E-state index in [1.807, 2.05) is 24.3 Å². The maximum absolute atomic E-state index is 4.47. The molecule has 0 saturated heterocycles. The van der Waals surface area contributed by atoms with Gasteiger partial charge in [-0.25, -0.2) is 0 Å². The Balaban J connectivity index is 1.96. The summed E-state index contributed by atoms with van der Waals surface area (Å²) in [6.07, 6.45) is 0. The quantitative estimate of drug-likeness (QED) is 0.685. The van der Waals surface area contributed by atoms with Crippen molar-refractivity contribution in [3.63, 3.8) is 0 Å². The first-order valence-electron chi connectivity index (χ1n) is 6.08. The molecule has 0 aliphatic rings. The molecule has 0 unspecified atom stereocenters. The lowest BCUT2D eigenvalue weighted by Crippen LogP contribution is -2.04. The third-order valence-corrected chi connectivity index (χ3v) is 2.93. The second-order valence-corrected chi connectivity index (χ2v) is 4.72. The van der Waals surface area contributed by atoms with Crippen LogP contribution in [-0.2, 0) is 6.54 Å². The van der Waals surface area contributed by atoms with Crippen LogP contribution in [0.4, 0.5) is 0 Å². The molecule has 1 aromatic heterocycles. The van der Waals surface area contributed by atoms with E-state index in [4.69, 9.17) is 0 Å². The van der Waals surface area contributed by atoms with Crippen LogP contribution in [0.2, 0.25) is 0 Å². The highest BCUT2D eigenvalue weighted by molar-refractivity contribution is 5.72. The Bertz CT molecular complexity index is 645. The van der Waals surface area contributed by atoms with Crippen LogP contribution in [0.3, 0.4) is 0 Å². The molecule has 0 radical (unpaired) electrons. The van der Waals surface area contributed by atoms with E-state index in [9.17, 15) is 0 Å². The molecule has 0 fully saturated rings. The molecule has 0 spiro atoms. The molecule has 3 rings (SSSR count). The molecule has 18 heavy (non-hydrogen) atoms. The number of rotatable bonds is 2. The summed E-state index contributed by atoms with van der Waals surface area (Å²) in [5, 5.41) is 8.95. The van der Waals surface area contributed by atoms with Crippen molar-refractivity contribution in [2.75, 3.05) is 0 Å². The number of fused-ring (bicyclic) bond motifs is 1. The monoisotopic (exact) mass is 237 g/mol. The Hall–Kier alpha value is -2.16. The summed E-state index contributed by atoms with van der Waals surface area (Å²) in [6.45, 7) is 4.95. The zero-order valence-electron chi connectivity index (χ0n) is 10.6. The molecule has 90 valence electrons. The van der Waals surface area contributed by atoms with Crippen molar-refractivity contribution in [1.82, 2.24) is 15.0 Å². The number of aryl methyl sites for hydroxylation is 2. The molecule has 0 aliphatic carbocycles. The summed E-state index contributed by atoms with van der Waals surface area (Å²) in [5.74, 6) is 0. The normalized spacial score (nSPS) is 11.0. The van der Waals surface area contributed by atoms with Crippen LogP contribution in [0, 0.1) is 13.8 Å². The van der Waals surface area contributed by atoms with Gasteiger partial charge in [-0.1, -0.05) is 41.5 Å². The summed E-state index contributed by atoms with van der Waals surface area (Å²) < 4.78 is 0. The summed E-state index contributed by atoms with van der Waals surface area (Å²) in [6, 6.07) is 14.5. The number of aromatic nitrogens is 3. The van der Waals surface area contributed by atoms with E-state index in [1.165, 1.54) is 16.7 Å². The van der Waals surface area contributed by atoms with E-state index in [1.54, 1.807) is 4.80 Å². The number of hydrogen-bond acceptors (Lipinski definition) is 2. The van der Waals surface area contributed by atoms with Gasteiger partial charge in [0.2, 0.25) is 0 Å². The highest BCUT2D eigenvalue weighted by Gasteiger charge is 2.03. The number of hydrogen-bond donors (Lipinski definition) is 0. The highest BCUT2D eigenvalue weighted by Crippen LogP contribution is 2.12. The zero-order valence-corrected chi connectivity index (χ0v) is 10.6. The standard InChI is InChI=1S/C15H15N3/c1-11-7-12(2)9-13(8-11)10-18-16-14-5-3-4-6-15(14)17-18/h3-9H,10H2,1-2H3. The van der Waals surface area contributed by atoms with Crippen molar-refractivity contribution in [2.45, 2.75) is 20.4 Å². The van der Waals surface area contributed by atoms with Crippen molar-refractivity contribution < 1.29 is 0 Å². The lowest BCUT2D eigenvalue weighted by molar-refractivity contribution is 0.600. The predicted molar refractivity (Wildman–Crippen MR) is 72.5 cm³/mol. The molecule has 3 heteroatoms. The van der Waals surface area contributed by atoms with Crippen LogP contribution in [0.5, 0.6) is 0 Å². The van der Waals surface area contributed by atoms with E-state index in [2.05, 4.69) is 42.2 Å². The Morgan fingerprint density at radius 1 is 0.889 bits per heavy atom. The van der Waals surface area contributed by atoms with Gasteiger partial charge in [0, 0.05) is 0 Å². The molecule has 0 amide bonds. The molecule has 3 nitrogen and oxygen atoms in total. The minimum Gasteiger partial charge on any atom is -0.179 e. The van der Waals surface area contributed by atoms with Gasteiger partial charge in [0.15, 0.2) is 0 Å². The van der Waals surface area contributed by atoms with Crippen LogP contribution >= 0.6 is 0 Å². The summed E-state index contributed by atoms with van der Waals surface area (Å²) >= 11 is 0. The van der Waals surface area contributed by atoms with Gasteiger partial charge >= 0.3 is 0 Å². The molecule has 0 aliphatic heterocycles. The third kappa shape index (κ3) is 2.12. The number of nitrogens with zero attached hydrogens (tertiary/aromatic N) is 3. The van der Waals surface area contributed by atoms with Gasteiger partial charge in [-0.3, -0.25) is 0 Å². The van der Waals surface area contributed by atoms with Crippen LogP contribution in [0.15, 0.2) is 42.5 Å². The minimum absolute atomic E-state index is 0.719. The van der Waals surface area contributed by atoms with Crippen LogP contribution in [0.1, 0.15) is 16.7 Å². The summed E-state index contributed by atoms with van der Waals surface area (Å²) in [4.78, 5) is 1.76. The van der Waals surface area contributed by atoms with Crippen molar-refractivity contribution in [1.29, 1.82) is 0 Å². The van der Waals surface area contributed by atoms with Crippen molar-refractivity contribution in [2.24, 2.45) is 0 Å².